The summed E-state index contributed by atoms with van der Waals surface area (Å²) < 4.78 is 0. The maximum atomic E-state index is 12.7. The van der Waals surface area contributed by atoms with E-state index in [1.54, 1.807) is 0 Å². The van der Waals surface area contributed by atoms with Gasteiger partial charge in [-0.3, -0.25) is 4.79 Å². The van der Waals surface area contributed by atoms with E-state index < -0.39 is 0 Å². The first-order valence-corrected chi connectivity index (χ1v) is 13.8. The van der Waals surface area contributed by atoms with Gasteiger partial charge in [-0.1, -0.05) is 104 Å². The lowest BCUT2D eigenvalue weighted by molar-refractivity contribution is 0.102. The minimum absolute atomic E-state index is 0.107. The highest BCUT2D eigenvalue weighted by Crippen LogP contribution is 2.47. The summed E-state index contributed by atoms with van der Waals surface area (Å²) in [7, 11) is 0. The molecule has 3 aromatic carbocycles. The molecule has 0 unspecified atom stereocenters. The van der Waals surface area contributed by atoms with Crippen molar-refractivity contribution in [3.8, 4) is 0 Å². The van der Waals surface area contributed by atoms with E-state index in [0.717, 1.165) is 16.8 Å². The maximum absolute atomic E-state index is 12.7. The van der Waals surface area contributed by atoms with Crippen LogP contribution in [0.4, 0.5) is 5.69 Å². The lowest BCUT2D eigenvalue weighted by Gasteiger charge is -2.42. The van der Waals surface area contributed by atoms with Gasteiger partial charge < -0.3 is 5.32 Å². The molecule has 0 heterocycles. The van der Waals surface area contributed by atoms with Crippen molar-refractivity contribution in [1.29, 1.82) is 0 Å². The van der Waals surface area contributed by atoms with E-state index in [1.807, 2.05) is 83.1 Å². The van der Waals surface area contributed by atoms with E-state index in [-0.39, 0.29) is 16.7 Å². The third-order valence-electron chi connectivity index (χ3n) is 7.33. The molecule has 2 nitrogen and oxygen atoms in total. The predicted octanol–water partition coefficient (Wildman–Crippen LogP) is 10.0. The van der Waals surface area contributed by atoms with Crippen LogP contribution in [-0.2, 0) is 10.8 Å². The number of rotatable bonds is 4. The van der Waals surface area contributed by atoms with Crippen molar-refractivity contribution in [2.75, 3.05) is 5.32 Å². The molecule has 4 rings (SSSR count). The van der Waals surface area contributed by atoms with Crippen LogP contribution in [0.25, 0.3) is 5.57 Å². The molecule has 3 aromatic rings. The lowest BCUT2D eigenvalue weighted by atomic mass is 9.62. The molecule has 1 aliphatic carbocycles. The number of benzene rings is 3. The summed E-state index contributed by atoms with van der Waals surface area (Å²) in [6, 6.07) is 20.3. The Morgan fingerprint density at radius 2 is 1.19 bits per heavy atom. The fourth-order valence-electron chi connectivity index (χ4n) is 4.87. The summed E-state index contributed by atoms with van der Waals surface area (Å²) in [4.78, 5) is 12.7. The molecule has 37 heavy (non-hydrogen) atoms. The van der Waals surface area contributed by atoms with Crippen molar-refractivity contribution < 1.29 is 4.79 Å². The number of aryl methyl sites for hydroxylation is 2. The van der Waals surface area contributed by atoms with E-state index >= 15 is 0 Å². The third-order valence-corrected chi connectivity index (χ3v) is 7.33. The SMILES string of the molecule is C=C(c1ccc(C(=O)Nc2ccc(C)cc2)cc1)c1cc2c(cc1C)C(C)(C)CCC2(C)C.CC.CC. The number of nitrogens with one attached hydrogen (secondary N) is 1. The second kappa shape index (κ2) is 12.4. The van der Waals surface area contributed by atoms with Crippen molar-refractivity contribution in [2.45, 2.75) is 92.9 Å². The van der Waals surface area contributed by atoms with Crippen LogP contribution < -0.4 is 5.32 Å². The number of hydrogen-bond donors (Lipinski definition) is 1. The first-order valence-electron chi connectivity index (χ1n) is 13.8. The zero-order valence-electron chi connectivity index (χ0n) is 24.8. The van der Waals surface area contributed by atoms with Crippen LogP contribution in [0, 0.1) is 13.8 Å². The average molecular weight is 498 g/mol. The maximum Gasteiger partial charge on any atom is 0.255 e. The molecule has 0 aliphatic heterocycles. The monoisotopic (exact) mass is 497 g/mol. The van der Waals surface area contributed by atoms with Gasteiger partial charge in [-0.15, -0.1) is 0 Å². The van der Waals surface area contributed by atoms with Crippen LogP contribution in [-0.4, -0.2) is 5.91 Å². The largest absolute Gasteiger partial charge is 0.322 e. The van der Waals surface area contributed by atoms with Gasteiger partial charge in [-0.05, 0) is 95.2 Å². The highest BCUT2D eigenvalue weighted by Gasteiger charge is 2.37. The number of fused-ring (bicyclic) bond motifs is 1. The molecule has 0 atom stereocenters. The van der Waals surface area contributed by atoms with Crippen molar-refractivity contribution in [2.24, 2.45) is 0 Å². The summed E-state index contributed by atoms with van der Waals surface area (Å²) in [6.45, 7) is 26.1. The lowest BCUT2D eigenvalue weighted by Crippen LogP contribution is -2.34. The van der Waals surface area contributed by atoms with E-state index in [0.29, 0.717) is 5.56 Å². The van der Waals surface area contributed by atoms with Crippen molar-refractivity contribution >= 4 is 17.2 Å². The standard InChI is InChI=1S/C31H35NO.2C2H6/c1-20-8-14-25(15-9-20)32-29(33)24-12-10-23(11-13-24)22(3)26-19-28-27(18-21(26)2)30(4,5)16-17-31(28,6)7;2*1-2/h8-15,18-19H,3,16-17H2,1-2,4-7H3,(H,32,33);2*1-2H3. The van der Waals surface area contributed by atoms with Gasteiger partial charge in [0.25, 0.3) is 5.91 Å². The molecular formula is C35H47NO. The summed E-state index contributed by atoms with van der Waals surface area (Å²) in [5, 5.41) is 2.96. The molecule has 0 bridgehead atoms. The molecule has 1 amide bonds. The van der Waals surface area contributed by atoms with Crippen LogP contribution in [0.2, 0.25) is 0 Å². The fourth-order valence-corrected chi connectivity index (χ4v) is 4.87. The Bertz CT molecular complexity index is 1210. The number of amides is 1. The molecule has 0 fully saturated rings. The Morgan fingerprint density at radius 1 is 0.730 bits per heavy atom. The summed E-state index contributed by atoms with van der Waals surface area (Å²) in [6.07, 6.45) is 2.39. The van der Waals surface area contributed by atoms with Gasteiger partial charge in [0.2, 0.25) is 0 Å². The van der Waals surface area contributed by atoms with Gasteiger partial charge in [-0.25, -0.2) is 0 Å². The molecule has 0 radical (unpaired) electrons. The summed E-state index contributed by atoms with van der Waals surface area (Å²) in [5.41, 5.74) is 10.4. The Morgan fingerprint density at radius 3 is 1.70 bits per heavy atom. The minimum Gasteiger partial charge on any atom is -0.322 e. The molecule has 0 saturated heterocycles. The zero-order chi connectivity index (χ0) is 28.0. The Labute approximate surface area is 226 Å². The van der Waals surface area contributed by atoms with Gasteiger partial charge in [0.05, 0.1) is 0 Å². The first kappa shape index (κ1) is 30.1. The second-order valence-corrected chi connectivity index (χ2v) is 10.9. The van der Waals surface area contributed by atoms with Crippen LogP contribution in [0.3, 0.4) is 0 Å². The van der Waals surface area contributed by atoms with Gasteiger partial charge in [0, 0.05) is 11.3 Å². The molecule has 0 aromatic heterocycles. The third kappa shape index (κ3) is 6.80. The van der Waals surface area contributed by atoms with Crippen LogP contribution in [0.1, 0.15) is 112 Å². The Hall–Kier alpha value is -3.13. The average Bonchev–Trinajstić information content (AvgIpc) is 2.90. The number of anilines is 1. The quantitative estimate of drug-likeness (QED) is 0.382. The molecule has 1 N–H and O–H groups in total. The minimum atomic E-state index is -0.107. The van der Waals surface area contributed by atoms with Gasteiger partial charge >= 0.3 is 0 Å². The second-order valence-electron chi connectivity index (χ2n) is 10.9. The number of carbonyl (C=O) groups excluding carboxylic acids is 1. The molecule has 198 valence electrons. The number of hydrogen-bond acceptors (Lipinski definition) is 1. The Kier molecular flexibility index (Phi) is 10.1. The van der Waals surface area contributed by atoms with Crippen molar-refractivity contribution in [1.82, 2.24) is 0 Å². The number of carbonyl (C=O) groups is 1. The van der Waals surface area contributed by atoms with Gasteiger partial charge in [-0.2, -0.15) is 0 Å². The van der Waals surface area contributed by atoms with Gasteiger partial charge in [0.15, 0.2) is 0 Å². The van der Waals surface area contributed by atoms with Crippen LogP contribution >= 0.6 is 0 Å². The highest BCUT2D eigenvalue weighted by molar-refractivity contribution is 6.04. The highest BCUT2D eigenvalue weighted by atomic mass is 16.1. The van der Waals surface area contributed by atoms with Crippen molar-refractivity contribution in [3.63, 3.8) is 0 Å². The van der Waals surface area contributed by atoms with Crippen LogP contribution in [0.5, 0.6) is 0 Å². The zero-order valence-corrected chi connectivity index (χ0v) is 24.8. The molecule has 0 saturated carbocycles. The van der Waals surface area contributed by atoms with E-state index in [2.05, 4.69) is 58.6 Å². The smallest absolute Gasteiger partial charge is 0.255 e. The predicted molar refractivity (Wildman–Crippen MR) is 163 cm³/mol. The summed E-state index contributed by atoms with van der Waals surface area (Å²) in [5.74, 6) is -0.107. The van der Waals surface area contributed by atoms with E-state index in [9.17, 15) is 4.79 Å². The molecule has 1 aliphatic rings. The molecule has 0 spiro atoms. The topological polar surface area (TPSA) is 29.1 Å². The first-order chi connectivity index (χ1) is 17.5. The van der Waals surface area contributed by atoms with Crippen molar-refractivity contribution in [3.05, 3.63) is 106 Å². The van der Waals surface area contributed by atoms with Crippen LogP contribution in [0.15, 0.2) is 67.2 Å². The molecule has 2 heteroatoms. The molecular weight excluding hydrogens is 450 g/mol. The van der Waals surface area contributed by atoms with Gasteiger partial charge in [0.1, 0.15) is 0 Å². The van der Waals surface area contributed by atoms with E-state index in [1.165, 1.54) is 40.7 Å². The normalized spacial score (nSPS) is 14.6. The Balaban J connectivity index is 0.00000115. The fraction of sp³-hybridized carbons (Fsp3) is 0.400. The summed E-state index contributed by atoms with van der Waals surface area (Å²) >= 11 is 0. The van der Waals surface area contributed by atoms with E-state index in [4.69, 9.17) is 0 Å².